The molecule has 0 spiro atoms. The van der Waals surface area contributed by atoms with E-state index in [2.05, 4.69) is 15.1 Å². The Morgan fingerprint density at radius 2 is 2.03 bits per heavy atom. The molecule has 0 radical (unpaired) electrons. The van der Waals surface area contributed by atoms with Crippen molar-refractivity contribution in [3.63, 3.8) is 0 Å². The molecule has 0 unspecified atom stereocenters. The molecule has 9 nitrogen and oxygen atoms in total. The number of nitrogens with zero attached hydrogens (tertiary/aromatic N) is 4. The number of thiophene rings is 1. The van der Waals surface area contributed by atoms with E-state index in [1.54, 1.807) is 6.92 Å². The summed E-state index contributed by atoms with van der Waals surface area (Å²) in [4.78, 5) is 33.7. The van der Waals surface area contributed by atoms with Gasteiger partial charge in [-0.05, 0) is 25.0 Å². The number of hydrogen-bond donors (Lipinski definition) is 2. The van der Waals surface area contributed by atoms with Gasteiger partial charge in [0.1, 0.15) is 11.4 Å². The first-order valence-corrected chi connectivity index (χ1v) is 9.99. The standard InChI is InChI=1S/C20H19N5O4S/c1-10-3-5-12(6-4-10)13(26)7-14-23-15(29-24-14)8-25-9-22-19-16(20(25)28)11(2)17(30-19)18(21)27/h3-6,9,13,26H,7-8H2,1-2H3,(H2,21,27)/t13-/m0/s1. The van der Waals surface area contributed by atoms with E-state index in [0.29, 0.717) is 26.5 Å². The lowest BCUT2D eigenvalue weighted by atomic mass is 10.0. The lowest BCUT2D eigenvalue weighted by Gasteiger charge is -2.08. The summed E-state index contributed by atoms with van der Waals surface area (Å²) in [6, 6.07) is 7.55. The summed E-state index contributed by atoms with van der Waals surface area (Å²) in [5.41, 5.74) is 7.42. The van der Waals surface area contributed by atoms with Gasteiger partial charge in [0, 0.05) is 6.42 Å². The number of carbonyl (C=O) groups excluding carboxylic acids is 1. The van der Waals surface area contributed by atoms with Crippen molar-refractivity contribution < 1.29 is 14.4 Å². The van der Waals surface area contributed by atoms with Gasteiger partial charge in [-0.15, -0.1) is 11.3 Å². The van der Waals surface area contributed by atoms with E-state index in [9.17, 15) is 14.7 Å². The largest absolute Gasteiger partial charge is 0.388 e. The molecule has 1 amide bonds. The van der Waals surface area contributed by atoms with Gasteiger partial charge in [-0.2, -0.15) is 4.98 Å². The van der Waals surface area contributed by atoms with E-state index in [4.69, 9.17) is 10.3 Å². The Bertz CT molecular complexity index is 1290. The van der Waals surface area contributed by atoms with Crippen molar-refractivity contribution in [1.82, 2.24) is 19.7 Å². The Kier molecular flexibility index (Phi) is 5.18. The van der Waals surface area contributed by atoms with Crippen LogP contribution < -0.4 is 11.3 Å². The van der Waals surface area contributed by atoms with Crippen LogP contribution in [0.3, 0.4) is 0 Å². The van der Waals surface area contributed by atoms with Gasteiger partial charge >= 0.3 is 0 Å². The monoisotopic (exact) mass is 425 g/mol. The molecule has 4 aromatic rings. The Morgan fingerprint density at radius 3 is 2.73 bits per heavy atom. The Morgan fingerprint density at radius 1 is 1.30 bits per heavy atom. The predicted molar refractivity (Wildman–Crippen MR) is 110 cm³/mol. The van der Waals surface area contributed by atoms with Crippen LogP contribution in [0.25, 0.3) is 10.2 Å². The second-order valence-electron chi connectivity index (χ2n) is 7.01. The highest BCUT2D eigenvalue weighted by atomic mass is 32.1. The number of aromatic nitrogens is 4. The SMILES string of the molecule is Cc1ccc([C@@H](O)Cc2noc(Cn3cnc4sc(C(N)=O)c(C)c4c3=O)n2)cc1. The number of amides is 1. The van der Waals surface area contributed by atoms with Crippen LogP contribution in [-0.2, 0) is 13.0 Å². The number of rotatable bonds is 6. The van der Waals surface area contributed by atoms with Crippen molar-refractivity contribution in [2.24, 2.45) is 5.73 Å². The lowest BCUT2D eigenvalue weighted by Crippen LogP contribution is -2.21. The molecule has 0 saturated heterocycles. The first kappa shape index (κ1) is 19.9. The maximum Gasteiger partial charge on any atom is 0.262 e. The van der Waals surface area contributed by atoms with Crippen LogP contribution >= 0.6 is 11.3 Å². The number of carbonyl (C=O) groups is 1. The van der Waals surface area contributed by atoms with Crippen molar-refractivity contribution in [1.29, 1.82) is 0 Å². The normalized spacial score (nSPS) is 12.4. The molecule has 0 aliphatic carbocycles. The number of nitrogens with two attached hydrogens (primary N) is 1. The Hall–Kier alpha value is -3.37. The van der Waals surface area contributed by atoms with E-state index in [1.165, 1.54) is 10.9 Å². The van der Waals surface area contributed by atoms with E-state index in [0.717, 1.165) is 22.5 Å². The zero-order valence-corrected chi connectivity index (χ0v) is 17.1. The summed E-state index contributed by atoms with van der Waals surface area (Å²) >= 11 is 1.09. The molecule has 0 fully saturated rings. The molecule has 3 N–H and O–H groups in total. The maximum atomic E-state index is 12.8. The molecular formula is C20H19N5O4S. The van der Waals surface area contributed by atoms with Crippen molar-refractivity contribution in [3.05, 3.63) is 74.2 Å². The summed E-state index contributed by atoms with van der Waals surface area (Å²) in [6.45, 7) is 3.67. The van der Waals surface area contributed by atoms with Crippen LogP contribution in [0.4, 0.5) is 0 Å². The molecule has 0 aliphatic rings. The number of aryl methyl sites for hydroxylation is 2. The second-order valence-corrected chi connectivity index (χ2v) is 8.01. The van der Waals surface area contributed by atoms with Crippen LogP contribution in [0.1, 0.15) is 44.2 Å². The smallest absolute Gasteiger partial charge is 0.262 e. The molecule has 30 heavy (non-hydrogen) atoms. The van der Waals surface area contributed by atoms with Crippen LogP contribution in [0.15, 0.2) is 39.9 Å². The van der Waals surface area contributed by atoms with Crippen LogP contribution in [0.5, 0.6) is 0 Å². The minimum absolute atomic E-state index is 0.0244. The molecule has 4 rings (SSSR count). The fourth-order valence-corrected chi connectivity index (χ4v) is 4.16. The Balaban J connectivity index is 1.55. The number of primary amides is 1. The van der Waals surface area contributed by atoms with Gasteiger partial charge in [-0.25, -0.2) is 4.98 Å². The van der Waals surface area contributed by atoms with Gasteiger partial charge in [-0.1, -0.05) is 35.0 Å². The van der Waals surface area contributed by atoms with E-state index in [1.807, 2.05) is 31.2 Å². The van der Waals surface area contributed by atoms with Gasteiger partial charge in [0.2, 0.25) is 5.89 Å². The maximum absolute atomic E-state index is 12.8. The zero-order chi connectivity index (χ0) is 21.4. The number of benzene rings is 1. The van der Waals surface area contributed by atoms with Gasteiger partial charge in [0.15, 0.2) is 5.82 Å². The van der Waals surface area contributed by atoms with Gasteiger partial charge in [-0.3, -0.25) is 14.2 Å². The van der Waals surface area contributed by atoms with Crippen molar-refractivity contribution in [2.45, 2.75) is 32.9 Å². The highest BCUT2D eigenvalue weighted by Crippen LogP contribution is 2.26. The molecule has 0 bridgehead atoms. The molecule has 1 aromatic carbocycles. The van der Waals surface area contributed by atoms with Crippen LogP contribution in [0.2, 0.25) is 0 Å². The second kappa shape index (κ2) is 7.81. The average molecular weight is 425 g/mol. The minimum atomic E-state index is -0.766. The van der Waals surface area contributed by atoms with E-state index < -0.39 is 12.0 Å². The topological polar surface area (TPSA) is 137 Å². The predicted octanol–water partition coefficient (Wildman–Crippen LogP) is 1.88. The third kappa shape index (κ3) is 3.74. The first-order chi connectivity index (χ1) is 14.3. The fourth-order valence-electron chi connectivity index (χ4n) is 3.17. The van der Waals surface area contributed by atoms with E-state index >= 15 is 0 Å². The number of hydrogen-bond acceptors (Lipinski definition) is 8. The van der Waals surface area contributed by atoms with Crippen molar-refractivity contribution in [3.8, 4) is 0 Å². The molecular weight excluding hydrogens is 406 g/mol. The fraction of sp³-hybridized carbons (Fsp3) is 0.250. The Labute approximate surface area is 174 Å². The highest BCUT2D eigenvalue weighted by molar-refractivity contribution is 7.20. The number of aliphatic hydroxyl groups is 1. The van der Waals surface area contributed by atoms with Crippen molar-refractivity contribution >= 4 is 27.5 Å². The summed E-state index contributed by atoms with van der Waals surface area (Å²) in [5, 5.41) is 14.6. The molecule has 154 valence electrons. The third-order valence-electron chi connectivity index (χ3n) is 4.79. The quantitative estimate of drug-likeness (QED) is 0.481. The summed E-state index contributed by atoms with van der Waals surface area (Å²) in [5.74, 6) is -0.0367. The van der Waals surface area contributed by atoms with Gasteiger partial charge < -0.3 is 15.4 Å². The van der Waals surface area contributed by atoms with E-state index in [-0.39, 0.29) is 24.4 Å². The molecule has 1 atom stereocenters. The lowest BCUT2D eigenvalue weighted by molar-refractivity contribution is 0.100. The minimum Gasteiger partial charge on any atom is -0.388 e. The van der Waals surface area contributed by atoms with Crippen LogP contribution in [0, 0.1) is 13.8 Å². The van der Waals surface area contributed by atoms with Crippen LogP contribution in [-0.4, -0.2) is 30.7 Å². The molecule has 0 aliphatic heterocycles. The summed E-state index contributed by atoms with van der Waals surface area (Å²) < 4.78 is 6.57. The zero-order valence-electron chi connectivity index (χ0n) is 16.3. The summed E-state index contributed by atoms with van der Waals surface area (Å²) in [6.07, 6.45) is 0.790. The summed E-state index contributed by atoms with van der Waals surface area (Å²) in [7, 11) is 0. The van der Waals surface area contributed by atoms with Gasteiger partial charge in [0.05, 0.1) is 22.7 Å². The first-order valence-electron chi connectivity index (χ1n) is 9.18. The van der Waals surface area contributed by atoms with Crippen molar-refractivity contribution in [2.75, 3.05) is 0 Å². The highest BCUT2D eigenvalue weighted by Gasteiger charge is 2.19. The number of fused-ring (bicyclic) bond motifs is 1. The number of aliphatic hydroxyl groups excluding tert-OH is 1. The molecule has 0 saturated carbocycles. The van der Waals surface area contributed by atoms with Gasteiger partial charge in [0.25, 0.3) is 11.5 Å². The average Bonchev–Trinajstić information content (AvgIpc) is 3.29. The third-order valence-corrected chi connectivity index (χ3v) is 6.01. The molecule has 10 heteroatoms. The molecule has 3 aromatic heterocycles. The molecule has 3 heterocycles.